The van der Waals surface area contributed by atoms with E-state index in [2.05, 4.69) is 30.8 Å². The molecule has 0 aromatic carbocycles. The number of tetrazole rings is 1. The fourth-order valence-electron chi connectivity index (χ4n) is 2.90. The lowest BCUT2D eigenvalue weighted by Crippen LogP contribution is -2.46. The number of aromatic nitrogens is 5. The maximum absolute atomic E-state index is 4.53. The van der Waals surface area contributed by atoms with E-state index in [-0.39, 0.29) is 0 Å². The molecule has 0 spiro atoms. The van der Waals surface area contributed by atoms with Gasteiger partial charge in [-0.05, 0) is 54.7 Å². The van der Waals surface area contributed by atoms with E-state index in [0.717, 1.165) is 24.9 Å². The standard InChI is InChI=1S/C13H19N7/c1-2-8-19(11(3-1)9-14-10-4-5-10)13-7-6-12-15-17-18-20(12)16-13/h6-7,10-11,14H,1-5,8-9H2. The molecular weight excluding hydrogens is 254 g/mol. The average Bonchev–Trinajstić information content (AvgIpc) is 3.20. The number of nitrogens with zero attached hydrogens (tertiary/aromatic N) is 6. The molecule has 106 valence electrons. The lowest BCUT2D eigenvalue weighted by Gasteiger charge is -2.36. The molecular formula is C13H19N7. The molecule has 7 nitrogen and oxygen atoms in total. The van der Waals surface area contributed by atoms with Crippen molar-refractivity contribution in [1.82, 2.24) is 30.6 Å². The van der Waals surface area contributed by atoms with Crippen LogP contribution in [0.5, 0.6) is 0 Å². The Bertz CT molecular complexity index is 591. The molecule has 1 unspecified atom stereocenters. The van der Waals surface area contributed by atoms with Gasteiger partial charge < -0.3 is 10.2 Å². The van der Waals surface area contributed by atoms with Gasteiger partial charge >= 0.3 is 0 Å². The highest BCUT2D eigenvalue weighted by Gasteiger charge is 2.27. The van der Waals surface area contributed by atoms with Crippen molar-refractivity contribution >= 4 is 11.5 Å². The zero-order valence-electron chi connectivity index (χ0n) is 11.4. The van der Waals surface area contributed by atoms with Crippen molar-refractivity contribution in [2.75, 3.05) is 18.0 Å². The molecule has 0 amide bonds. The van der Waals surface area contributed by atoms with E-state index in [4.69, 9.17) is 0 Å². The van der Waals surface area contributed by atoms with Gasteiger partial charge in [0.15, 0.2) is 11.5 Å². The minimum absolute atomic E-state index is 0.533. The molecule has 1 atom stereocenters. The van der Waals surface area contributed by atoms with Crippen molar-refractivity contribution in [2.24, 2.45) is 0 Å². The van der Waals surface area contributed by atoms with Crippen LogP contribution in [-0.4, -0.2) is 50.4 Å². The third kappa shape index (κ3) is 2.33. The van der Waals surface area contributed by atoms with Crippen molar-refractivity contribution < 1.29 is 0 Å². The highest BCUT2D eigenvalue weighted by Crippen LogP contribution is 2.24. The van der Waals surface area contributed by atoms with E-state index in [1.165, 1.54) is 36.7 Å². The molecule has 1 saturated carbocycles. The monoisotopic (exact) mass is 273 g/mol. The fourth-order valence-corrected chi connectivity index (χ4v) is 2.90. The van der Waals surface area contributed by atoms with Crippen LogP contribution in [0.25, 0.3) is 5.65 Å². The van der Waals surface area contributed by atoms with Crippen LogP contribution in [0.1, 0.15) is 32.1 Å². The van der Waals surface area contributed by atoms with Gasteiger partial charge in [-0.2, -0.15) is 0 Å². The van der Waals surface area contributed by atoms with Crippen LogP contribution >= 0.6 is 0 Å². The van der Waals surface area contributed by atoms with E-state index < -0.39 is 0 Å². The summed E-state index contributed by atoms with van der Waals surface area (Å²) in [5.41, 5.74) is 0.693. The van der Waals surface area contributed by atoms with Gasteiger partial charge in [0, 0.05) is 25.2 Å². The van der Waals surface area contributed by atoms with Gasteiger partial charge in [0.1, 0.15) is 0 Å². The molecule has 7 heteroatoms. The molecule has 1 aliphatic heterocycles. The number of nitrogens with one attached hydrogen (secondary N) is 1. The Morgan fingerprint density at radius 2 is 2.15 bits per heavy atom. The van der Waals surface area contributed by atoms with Gasteiger partial charge in [0.25, 0.3) is 0 Å². The van der Waals surface area contributed by atoms with E-state index in [1.807, 2.05) is 12.1 Å². The van der Waals surface area contributed by atoms with E-state index in [1.54, 1.807) is 0 Å². The SMILES string of the molecule is c1cc2nnnn2nc1N1CCCCC1CNC1CC1. The minimum Gasteiger partial charge on any atom is -0.351 e. The third-order valence-electron chi connectivity index (χ3n) is 4.20. The number of piperidine rings is 1. The van der Waals surface area contributed by atoms with Crippen molar-refractivity contribution in [1.29, 1.82) is 0 Å². The zero-order valence-corrected chi connectivity index (χ0v) is 11.4. The Balaban J connectivity index is 1.55. The molecule has 2 aromatic heterocycles. The first-order valence-electron chi connectivity index (χ1n) is 7.45. The number of fused-ring (bicyclic) bond motifs is 1. The topological polar surface area (TPSA) is 71.2 Å². The predicted molar refractivity (Wildman–Crippen MR) is 74.6 cm³/mol. The Hall–Kier alpha value is -1.76. The predicted octanol–water partition coefficient (Wildman–Crippen LogP) is 0.630. The van der Waals surface area contributed by atoms with Gasteiger partial charge in [-0.15, -0.1) is 14.8 Å². The van der Waals surface area contributed by atoms with Gasteiger partial charge in [0.2, 0.25) is 0 Å². The van der Waals surface area contributed by atoms with Crippen LogP contribution in [0.15, 0.2) is 12.1 Å². The fraction of sp³-hybridized carbons (Fsp3) is 0.692. The van der Waals surface area contributed by atoms with Crippen molar-refractivity contribution in [2.45, 2.75) is 44.2 Å². The summed E-state index contributed by atoms with van der Waals surface area (Å²) < 4.78 is 1.51. The molecule has 1 N–H and O–H groups in total. The van der Waals surface area contributed by atoms with Crippen molar-refractivity contribution in [3.8, 4) is 0 Å². The second-order valence-electron chi connectivity index (χ2n) is 5.74. The number of anilines is 1. The molecule has 4 rings (SSSR count). The Labute approximate surface area is 117 Å². The summed E-state index contributed by atoms with van der Waals surface area (Å²) in [5.74, 6) is 0.979. The quantitative estimate of drug-likeness (QED) is 0.881. The van der Waals surface area contributed by atoms with Gasteiger partial charge in [-0.1, -0.05) is 0 Å². The number of hydrogen-bond donors (Lipinski definition) is 1. The molecule has 20 heavy (non-hydrogen) atoms. The van der Waals surface area contributed by atoms with E-state index in [9.17, 15) is 0 Å². The maximum atomic E-state index is 4.53. The van der Waals surface area contributed by atoms with Crippen molar-refractivity contribution in [3.05, 3.63) is 12.1 Å². The van der Waals surface area contributed by atoms with Crippen LogP contribution in [0, 0.1) is 0 Å². The average molecular weight is 273 g/mol. The van der Waals surface area contributed by atoms with E-state index in [0.29, 0.717) is 11.7 Å². The summed E-state index contributed by atoms with van der Waals surface area (Å²) in [6, 6.07) is 5.25. The second kappa shape index (κ2) is 4.97. The molecule has 0 bridgehead atoms. The summed E-state index contributed by atoms with van der Waals surface area (Å²) >= 11 is 0. The van der Waals surface area contributed by atoms with E-state index >= 15 is 0 Å². The highest BCUT2D eigenvalue weighted by atomic mass is 15.6. The minimum atomic E-state index is 0.533. The second-order valence-corrected chi connectivity index (χ2v) is 5.74. The Morgan fingerprint density at radius 3 is 3.05 bits per heavy atom. The van der Waals surface area contributed by atoms with Crippen LogP contribution < -0.4 is 10.2 Å². The normalized spacial score (nSPS) is 23.4. The molecule has 1 saturated heterocycles. The Kier molecular flexibility index (Phi) is 2.99. The summed E-state index contributed by atoms with van der Waals surface area (Å²) in [5, 5.41) is 19.6. The van der Waals surface area contributed by atoms with Crippen LogP contribution in [0.2, 0.25) is 0 Å². The molecule has 2 fully saturated rings. The molecule has 2 aromatic rings. The van der Waals surface area contributed by atoms with Crippen molar-refractivity contribution in [3.63, 3.8) is 0 Å². The largest absolute Gasteiger partial charge is 0.351 e. The molecule has 0 radical (unpaired) electrons. The van der Waals surface area contributed by atoms with Gasteiger partial charge in [-0.25, -0.2) is 0 Å². The highest BCUT2D eigenvalue weighted by molar-refractivity contribution is 5.45. The summed E-state index contributed by atoms with van der Waals surface area (Å²) in [7, 11) is 0. The first-order valence-corrected chi connectivity index (χ1v) is 7.45. The Morgan fingerprint density at radius 1 is 1.20 bits per heavy atom. The smallest absolute Gasteiger partial charge is 0.200 e. The van der Waals surface area contributed by atoms with Gasteiger partial charge in [0.05, 0.1) is 0 Å². The van der Waals surface area contributed by atoms with Crippen LogP contribution in [0.3, 0.4) is 0 Å². The molecule has 3 heterocycles. The van der Waals surface area contributed by atoms with Crippen LogP contribution in [-0.2, 0) is 0 Å². The first-order chi connectivity index (χ1) is 9.90. The lowest BCUT2D eigenvalue weighted by atomic mass is 10.0. The summed E-state index contributed by atoms with van der Waals surface area (Å²) in [4.78, 5) is 2.40. The maximum Gasteiger partial charge on any atom is 0.200 e. The molecule has 2 aliphatic rings. The zero-order chi connectivity index (χ0) is 13.4. The first kappa shape index (κ1) is 12.0. The number of rotatable bonds is 4. The lowest BCUT2D eigenvalue weighted by molar-refractivity contribution is 0.429. The third-order valence-corrected chi connectivity index (χ3v) is 4.20. The summed E-state index contributed by atoms with van der Waals surface area (Å²) in [6.45, 7) is 2.12. The number of hydrogen-bond acceptors (Lipinski definition) is 6. The van der Waals surface area contributed by atoms with Crippen LogP contribution in [0.4, 0.5) is 5.82 Å². The van der Waals surface area contributed by atoms with Gasteiger partial charge in [-0.3, -0.25) is 0 Å². The molecule has 1 aliphatic carbocycles. The summed E-state index contributed by atoms with van der Waals surface area (Å²) in [6.07, 6.45) is 6.44.